The third-order valence-corrected chi connectivity index (χ3v) is 6.30. The first-order valence-electron chi connectivity index (χ1n) is 11.2. The molecule has 3 rings (SSSR count). The number of aromatic amines is 1. The van der Waals surface area contributed by atoms with Crippen LogP contribution in [0.2, 0.25) is 6.82 Å². The Hall–Kier alpha value is -2.54. The molecule has 1 aromatic heterocycles. The van der Waals surface area contributed by atoms with Crippen molar-refractivity contribution in [2.75, 3.05) is 24.5 Å². The SMILES string of the molecule is C[B]c1cc(C(=O)NCc2c(C)cc(C)[nH]c2=O)c(C)c(N(CC)C2CCNCC2)c1. The zero-order valence-corrected chi connectivity index (χ0v) is 19.4. The van der Waals surface area contributed by atoms with E-state index < -0.39 is 0 Å². The van der Waals surface area contributed by atoms with E-state index in [1.54, 1.807) is 0 Å². The van der Waals surface area contributed by atoms with E-state index in [-0.39, 0.29) is 18.0 Å². The van der Waals surface area contributed by atoms with Crippen molar-refractivity contribution < 1.29 is 4.79 Å². The molecule has 6 nitrogen and oxygen atoms in total. The maximum Gasteiger partial charge on any atom is 0.253 e. The lowest BCUT2D eigenvalue weighted by molar-refractivity contribution is 0.0950. The number of benzene rings is 1. The van der Waals surface area contributed by atoms with Gasteiger partial charge in [0.1, 0.15) is 7.28 Å². The fourth-order valence-corrected chi connectivity index (χ4v) is 4.53. The van der Waals surface area contributed by atoms with Crippen molar-refractivity contribution >= 4 is 24.3 Å². The zero-order chi connectivity index (χ0) is 22.5. The number of hydrogen-bond acceptors (Lipinski definition) is 4. The van der Waals surface area contributed by atoms with Crippen LogP contribution in [-0.4, -0.2) is 43.8 Å². The number of hydrogen-bond donors (Lipinski definition) is 3. The highest BCUT2D eigenvalue weighted by Gasteiger charge is 2.24. The molecule has 0 saturated carbocycles. The lowest BCUT2D eigenvalue weighted by Crippen LogP contribution is -2.44. The monoisotopic (exact) mass is 421 g/mol. The summed E-state index contributed by atoms with van der Waals surface area (Å²) in [6.45, 7) is 13.1. The molecule has 31 heavy (non-hydrogen) atoms. The summed E-state index contributed by atoms with van der Waals surface area (Å²) in [5.74, 6) is -0.150. The van der Waals surface area contributed by atoms with Crippen LogP contribution in [0, 0.1) is 20.8 Å². The van der Waals surface area contributed by atoms with Gasteiger partial charge in [0, 0.05) is 41.6 Å². The molecule has 2 heterocycles. The molecule has 1 aromatic carbocycles. The number of pyridine rings is 1. The number of aryl methyl sites for hydroxylation is 2. The zero-order valence-electron chi connectivity index (χ0n) is 19.4. The van der Waals surface area contributed by atoms with Gasteiger partial charge < -0.3 is 20.5 Å². The Bertz CT molecular complexity index is 996. The number of anilines is 1. The molecule has 1 amide bonds. The first-order chi connectivity index (χ1) is 14.8. The molecule has 2 aromatic rings. The van der Waals surface area contributed by atoms with Crippen molar-refractivity contribution in [1.82, 2.24) is 15.6 Å². The topological polar surface area (TPSA) is 77.2 Å². The summed E-state index contributed by atoms with van der Waals surface area (Å²) in [6.07, 6.45) is 2.20. The maximum atomic E-state index is 13.2. The van der Waals surface area contributed by atoms with E-state index in [2.05, 4.69) is 33.5 Å². The molecule has 1 aliphatic rings. The molecule has 165 valence electrons. The van der Waals surface area contributed by atoms with Crippen molar-refractivity contribution in [1.29, 1.82) is 0 Å². The number of carbonyl (C=O) groups excluding carboxylic acids is 1. The van der Waals surface area contributed by atoms with Crippen molar-refractivity contribution in [3.8, 4) is 0 Å². The molecule has 1 saturated heterocycles. The lowest BCUT2D eigenvalue weighted by atomic mass is 9.72. The van der Waals surface area contributed by atoms with E-state index in [9.17, 15) is 9.59 Å². The van der Waals surface area contributed by atoms with Gasteiger partial charge in [-0.2, -0.15) is 0 Å². The van der Waals surface area contributed by atoms with Crippen molar-refractivity contribution in [2.24, 2.45) is 0 Å². The second-order valence-electron chi connectivity index (χ2n) is 8.39. The first kappa shape index (κ1) is 23.1. The Morgan fingerprint density at radius 1 is 1.19 bits per heavy atom. The molecule has 1 radical (unpaired) electrons. The minimum atomic E-state index is -0.150. The highest BCUT2D eigenvalue weighted by Crippen LogP contribution is 2.27. The van der Waals surface area contributed by atoms with Crippen LogP contribution in [0.5, 0.6) is 0 Å². The van der Waals surface area contributed by atoms with Gasteiger partial charge >= 0.3 is 0 Å². The number of nitrogens with zero attached hydrogens (tertiary/aromatic N) is 1. The Morgan fingerprint density at radius 3 is 2.52 bits per heavy atom. The summed E-state index contributed by atoms with van der Waals surface area (Å²) in [4.78, 5) is 30.7. The van der Waals surface area contributed by atoms with Gasteiger partial charge in [-0.05, 0) is 76.9 Å². The van der Waals surface area contributed by atoms with Gasteiger partial charge in [-0.25, -0.2) is 0 Å². The quantitative estimate of drug-likeness (QED) is 0.599. The smallest absolute Gasteiger partial charge is 0.253 e. The standard InChI is InChI=1S/C24H34BN4O2/c1-6-29(19-7-9-26-10-8-19)22-13-18(25-5)12-20(17(22)4)23(30)27-14-21-15(2)11-16(3)28-24(21)31/h11-13,19,26H,6-10,14H2,1-5H3,(H,27,30)(H,28,31). The molecule has 0 unspecified atom stereocenters. The molecule has 0 aliphatic carbocycles. The van der Waals surface area contributed by atoms with Gasteiger partial charge in [-0.3, -0.25) is 9.59 Å². The van der Waals surface area contributed by atoms with Gasteiger partial charge in [0.15, 0.2) is 0 Å². The van der Waals surface area contributed by atoms with E-state index in [0.29, 0.717) is 17.2 Å². The molecule has 3 N–H and O–H groups in total. The van der Waals surface area contributed by atoms with E-state index >= 15 is 0 Å². The Labute approximate surface area is 186 Å². The van der Waals surface area contributed by atoms with Gasteiger partial charge in [0.25, 0.3) is 11.5 Å². The number of piperidine rings is 1. The number of nitrogens with one attached hydrogen (secondary N) is 3. The number of rotatable bonds is 7. The van der Waals surface area contributed by atoms with Gasteiger partial charge in [-0.1, -0.05) is 18.4 Å². The molecule has 0 atom stereocenters. The highest BCUT2D eigenvalue weighted by atomic mass is 16.1. The second-order valence-corrected chi connectivity index (χ2v) is 8.39. The van der Waals surface area contributed by atoms with Crippen LogP contribution < -0.4 is 26.6 Å². The molecule has 0 spiro atoms. The average Bonchev–Trinajstić information content (AvgIpc) is 2.75. The van der Waals surface area contributed by atoms with Crippen molar-refractivity contribution in [3.63, 3.8) is 0 Å². The fraction of sp³-hybridized carbons (Fsp3) is 0.500. The summed E-state index contributed by atoms with van der Waals surface area (Å²) in [5.41, 5.74) is 5.97. The van der Waals surface area contributed by atoms with Gasteiger partial charge in [-0.15, -0.1) is 0 Å². The van der Waals surface area contributed by atoms with E-state index in [4.69, 9.17) is 0 Å². The van der Waals surface area contributed by atoms with Crippen LogP contribution in [0.1, 0.15) is 52.5 Å². The molecule has 1 fully saturated rings. The lowest BCUT2D eigenvalue weighted by Gasteiger charge is -2.37. The summed E-state index contributed by atoms with van der Waals surface area (Å²) in [5, 5.41) is 6.40. The summed E-state index contributed by atoms with van der Waals surface area (Å²) in [6, 6.07) is 6.53. The highest BCUT2D eigenvalue weighted by molar-refractivity contribution is 6.52. The summed E-state index contributed by atoms with van der Waals surface area (Å²) < 4.78 is 0. The van der Waals surface area contributed by atoms with Crippen LogP contribution >= 0.6 is 0 Å². The Kier molecular flexibility index (Phi) is 7.60. The minimum absolute atomic E-state index is 0.145. The number of amides is 1. The Morgan fingerprint density at radius 2 is 1.90 bits per heavy atom. The molecule has 0 bridgehead atoms. The van der Waals surface area contributed by atoms with E-state index in [1.807, 2.05) is 47.0 Å². The number of H-pyrrole nitrogens is 1. The normalized spacial score (nSPS) is 14.4. The van der Waals surface area contributed by atoms with Crippen molar-refractivity contribution in [3.05, 3.63) is 56.5 Å². The molecular formula is C24H34BN4O2. The van der Waals surface area contributed by atoms with E-state index in [1.165, 1.54) is 0 Å². The van der Waals surface area contributed by atoms with E-state index in [0.717, 1.165) is 60.4 Å². The molecule has 7 heteroatoms. The van der Waals surface area contributed by atoms with Crippen LogP contribution in [0.15, 0.2) is 23.0 Å². The second kappa shape index (κ2) is 10.2. The average molecular weight is 421 g/mol. The van der Waals surface area contributed by atoms with Crippen LogP contribution in [-0.2, 0) is 6.54 Å². The predicted molar refractivity (Wildman–Crippen MR) is 129 cm³/mol. The van der Waals surface area contributed by atoms with Crippen LogP contribution in [0.25, 0.3) is 0 Å². The summed E-state index contributed by atoms with van der Waals surface area (Å²) >= 11 is 0. The third kappa shape index (κ3) is 5.21. The number of carbonyl (C=O) groups is 1. The fourth-order valence-electron chi connectivity index (χ4n) is 4.53. The minimum Gasteiger partial charge on any atom is -0.369 e. The number of aromatic nitrogens is 1. The predicted octanol–water partition coefficient (Wildman–Crippen LogP) is 2.19. The first-order valence-corrected chi connectivity index (χ1v) is 11.2. The summed E-state index contributed by atoms with van der Waals surface area (Å²) in [7, 11) is 2.03. The van der Waals surface area contributed by atoms with Gasteiger partial charge in [0.2, 0.25) is 0 Å². The maximum absolute atomic E-state index is 13.2. The third-order valence-electron chi connectivity index (χ3n) is 6.30. The largest absolute Gasteiger partial charge is 0.369 e. The van der Waals surface area contributed by atoms with Crippen LogP contribution in [0.3, 0.4) is 0 Å². The molecular weight excluding hydrogens is 387 g/mol. The van der Waals surface area contributed by atoms with Crippen molar-refractivity contribution in [2.45, 2.75) is 59.9 Å². The van der Waals surface area contributed by atoms with Crippen LogP contribution in [0.4, 0.5) is 5.69 Å². The molecule has 1 aliphatic heterocycles. The van der Waals surface area contributed by atoms with Gasteiger partial charge in [0.05, 0.1) is 0 Å². The Balaban J connectivity index is 1.89.